The van der Waals surface area contributed by atoms with Gasteiger partial charge in [0.15, 0.2) is 11.9 Å². The molecule has 0 aromatic rings. The van der Waals surface area contributed by atoms with Crippen LogP contribution in [0, 0.1) is 0 Å². The Morgan fingerprint density at radius 1 is 1.44 bits per heavy atom. The molecular formula is C11H16O5. The summed E-state index contributed by atoms with van der Waals surface area (Å²) in [4.78, 5) is 11.0. The number of rotatable bonds is 1. The van der Waals surface area contributed by atoms with Crippen molar-refractivity contribution >= 4 is 5.97 Å². The van der Waals surface area contributed by atoms with E-state index in [-0.39, 0.29) is 24.8 Å². The molecule has 2 aliphatic rings. The number of hydrogen-bond acceptors (Lipinski definition) is 5. The SMILES string of the molecule is CC(=O)O[C@@H]1COC=C[C@H]2OC(C)(C)O[C@H]21. The van der Waals surface area contributed by atoms with Crippen molar-refractivity contribution in [2.24, 2.45) is 0 Å². The topological polar surface area (TPSA) is 54.0 Å². The molecule has 90 valence electrons. The highest BCUT2D eigenvalue weighted by atomic mass is 16.8. The summed E-state index contributed by atoms with van der Waals surface area (Å²) >= 11 is 0. The van der Waals surface area contributed by atoms with Gasteiger partial charge in [0.2, 0.25) is 0 Å². The van der Waals surface area contributed by atoms with E-state index in [0.717, 1.165) is 0 Å². The summed E-state index contributed by atoms with van der Waals surface area (Å²) in [5.41, 5.74) is 0. The maximum absolute atomic E-state index is 11.0. The molecule has 3 atom stereocenters. The smallest absolute Gasteiger partial charge is 0.303 e. The highest BCUT2D eigenvalue weighted by molar-refractivity contribution is 5.66. The summed E-state index contributed by atoms with van der Waals surface area (Å²) in [5, 5.41) is 0. The standard InChI is InChI=1S/C11H16O5/c1-7(12)14-9-6-13-5-4-8-10(9)16-11(2,3)15-8/h4-5,8-10H,6H2,1-3H3/t8-,9-,10-/m1/s1. The van der Waals surface area contributed by atoms with Crippen LogP contribution in [0.3, 0.4) is 0 Å². The molecular weight excluding hydrogens is 212 g/mol. The molecule has 0 aromatic heterocycles. The van der Waals surface area contributed by atoms with E-state index in [9.17, 15) is 4.79 Å². The third-order valence-corrected chi connectivity index (χ3v) is 2.47. The first-order valence-electron chi connectivity index (χ1n) is 5.29. The van der Waals surface area contributed by atoms with E-state index < -0.39 is 11.9 Å². The Balaban J connectivity index is 2.13. The molecule has 1 saturated heterocycles. The van der Waals surface area contributed by atoms with Crippen LogP contribution >= 0.6 is 0 Å². The van der Waals surface area contributed by atoms with Gasteiger partial charge in [0, 0.05) is 6.92 Å². The van der Waals surface area contributed by atoms with Gasteiger partial charge in [0.1, 0.15) is 18.8 Å². The van der Waals surface area contributed by atoms with E-state index in [0.29, 0.717) is 0 Å². The van der Waals surface area contributed by atoms with Gasteiger partial charge in [-0.05, 0) is 19.9 Å². The number of ether oxygens (including phenoxy) is 4. The van der Waals surface area contributed by atoms with E-state index in [1.54, 1.807) is 12.3 Å². The lowest BCUT2D eigenvalue weighted by Gasteiger charge is -2.23. The number of carbonyl (C=O) groups excluding carboxylic acids is 1. The van der Waals surface area contributed by atoms with Crippen LogP contribution in [-0.2, 0) is 23.7 Å². The zero-order chi connectivity index (χ0) is 11.8. The molecule has 2 aliphatic heterocycles. The Labute approximate surface area is 94.3 Å². The maximum atomic E-state index is 11.0. The summed E-state index contributed by atoms with van der Waals surface area (Å²) < 4.78 is 21.7. The predicted molar refractivity (Wildman–Crippen MR) is 54.5 cm³/mol. The van der Waals surface area contributed by atoms with Gasteiger partial charge in [-0.2, -0.15) is 0 Å². The Bertz CT molecular complexity index is 309. The number of esters is 1. The van der Waals surface area contributed by atoms with Crippen LogP contribution in [0.15, 0.2) is 12.3 Å². The zero-order valence-corrected chi connectivity index (χ0v) is 9.64. The first-order chi connectivity index (χ1) is 7.48. The van der Waals surface area contributed by atoms with Crippen molar-refractivity contribution in [3.8, 4) is 0 Å². The van der Waals surface area contributed by atoms with Crippen LogP contribution < -0.4 is 0 Å². The monoisotopic (exact) mass is 228 g/mol. The highest BCUT2D eigenvalue weighted by Crippen LogP contribution is 2.32. The van der Waals surface area contributed by atoms with Gasteiger partial charge in [0.05, 0.1) is 6.26 Å². The van der Waals surface area contributed by atoms with Crippen LogP contribution in [0.2, 0.25) is 0 Å². The number of fused-ring (bicyclic) bond motifs is 1. The van der Waals surface area contributed by atoms with Crippen LogP contribution in [0.1, 0.15) is 20.8 Å². The molecule has 0 saturated carbocycles. The molecule has 1 fully saturated rings. The minimum atomic E-state index is -0.657. The van der Waals surface area contributed by atoms with Crippen LogP contribution in [0.25, 0.3) is 0 Å². The van der Waals surface area contributed by atoms with Crippen LogP contribution in [0.5, 0.6) is 0 Å². The number of carbonyl (C=O) groups is 1. The Morgan fingerprint density at radius 2 is 2.19 bits per heavy atom. The highest BCUT2D eigenvalue weighted by Gasteiger charge is 2.46. The van der Waals surface area contributed by atoms with Gasteiger partial charge in [-0.15, -0.1) is 0 Å². The fraction of sp³-hybridized carbons (Fsp3) is 0.727. The fourth-order valence-corrected chi connectivity index (χ4v) is 1.95. The van der Waals surface area contributed by atoms with Crippen LogP contribution in [0.4, 0.5) is 0 Å². The Kier molecular flexibility index (Phi) is 2.90. The van der Waals surface area contributed by atoms with Crippen molar-refractivity contribution < 1.29 is 23.7 Å². The fourth-order valence-electron chi connectivity index (χ4n) is 1.95. The van der Waals surface area contributed by atoms with Crippen molar-refractivity contribution in [3.63, 3.8) is 0 Å². The average Bonchev–Trinajstić information content (AvgIpc) is 2.36. The van der Waals surface area contributed by atoms with Gasteiger partial charge in [-0.25, -0.2) is 0 Å². The molecule has 5 heteroatoms. The summed E-state index contributed by atoms with van der Waals surface area (Å²) in [6, 6.07) is 0. The average molecular weight is 228 g/mol. The maximum Gasteiger partial charge on any atom is 0.303 e. The quantitative estimate of drug-likeness (QED) is 0.626. The summed E-state index contributed by atoms with van der Waals surface area (Å²) in [6.07, 6.45) is 2.37. The molecule has 0 unspecified atom stereocenters. The molecule has 0 aromatic carbocycles. The lowest BCUT2D eigenvalue weighted by Crippen LogP contribution is -2.39. The largest absolute Gasteiger partial charge is 0.497 e. The van der Waals surface area contributed by atoms with Gasteiger partial charge in [0.25, 0.3) is 0 Å². The second kappa shape index (κ2) is 4.07. The summed E-state index contributed by atoms with van der Waals surface area (Å²) in [5.74, 6) is -1.00. The van der Waals surface area contributed by atoms with E-state index in [1.807, 2.05) is 13.8 Å². The van der Waals surface area contributed by atoms with Crippen LogP contribution in [-0.4, -0.2) is 36.7 Å². The molecule has 0 bridgehead atoms. The van der Waals surface area contributed by atoms with Gasteiger partial charge < -0.3 is 18.9 Å². The predicted octanol–water partition coefficient (Wildman–Crippen LogP) is 0.982. The normalized spacial score (nSPS) is 36.1. The zero-order valence-electron chi connectivity index (χ0n) is 9.64. The first-order valence-corrected chi connectivity index (χ1v) is 5.29. The minimum Gasteiger partial charge on any atom is -0.497 e. The summed E-state index contributed by atoms with van der Waals surface area (Å²) in [6.45, 7) is 5.33. The minimum absolute atomic E-state index is 0.234. The Morgan fingerprint density at radius 3 is 2.88 bits per heavy atom. The van der Waals surface area contributed by atoms with Crippen molar-refractivity contribution in [1.82, 2.24) is 0 Å². The molecule has 0 amide bonds. The number of hydrogen-bond donors (Lipinski definition) is 0. The summed E-state index contributed by atoms with van der Waals surface area (Å²) in [7, 11) is 0. The second-order valence-electron chi connectivity index (χ2n) is 4.37. The van der Waals surface area contributed by atoms with Crippen molar-refractivity contribution in [2.75, 3.05) is 6.61 Å². The van der Waals surface area contributed by atoms with Crippen molar-refractivity contribution in [3.05, 3.63) is 12.3 Å². The molecule has 0 N–H and O–H groups in total. The van der Waals surface area contributed by atoms with Crippen molar-refractivity contribution in [1.29, 1.82) is 0 Å². The lowest BCUT2D eigenvalue weighted by molar-refractivity contribution is -0.173. The third-order valence-electron chi connectivity index (χ3n) is 2.47. The molecule has 0 radical (unpaired) electrons. The molecule has 0 spiro atoms. The molecule has 2 heterocycles. The van der Waals surface area contributed by atoms with E-state index in [2.05, 4.69) is 0 Å². The molecule has 2 rings (SSSR count). The van der Waals surface area contributed by atoms with Gasteiger partial charge in [-0.3, -0.25) is 4.79 Å². The van der Waals surface area contributed by atoms with Gasteiger partial charge in [-0.1, -0.05) is 0 Å². The van der Waals surface area contributed by atoms with E-state index >= 15 is 0 Å². The van der Waals surface area contributed by atoms with Gasteiger partial charge >= 0.3 is 5.97 Å². The molecule has 16 heavy (non-hydrogen) atoms. The van der Waals surface area contributed by atoms with E-state index in [1.165, 1.54) is 6.92 Å². The van der Waals surface area contributed by atoms with E-state index in [4.69, 9.17) is 18.9 Å². The second-order valence-corrected chi connectivity index (χ2v) is 4.37. The van der Waals surface area contributed by atoms with Crippen molar-refractivity contribution in [2.45, 2.75) is 44.9 Å². The lowest BCUT2D eigenvalue weighted by atomic mass is 10.1. The Hall–Kier alpha value is -1.07. The molecule has 5 nitrogen and oxygen atoms in total. The molecule has 0 aliphatic carbocycles. The third kappa shape index (κ3) is 2.36. The first kappa shape index (κ1) is 11.4.